The van der Waals surface area contributed by atoms with Crippen molar-refractivity contribution in [2.24, 2.45) is 5.11 Å². The highest BCUT2D eigenvalue weighted by molar-refractivity contribution is 6.07. The number of benzene rings is 1. The van der Waals surface area contributed by atoms with Crippen LogP contribution >= 0.6 is 0 Å². The molecule has 2 rings (SSSR count). The topological polar surface area (TPSA) is 95.4 Å². The monoisotopic (exact) mass is 358 g/mol. The number of hydrogen-bond donors (Lipinski definition) is 0. The highest BCUT2D eigenvalue weighted by Crippen LogP contribution is 2.43. The van der Waals surface area contributed by atoms with E-state index in [1.807, 2.05) is 24.8 Å². The molecule has 1 heterocycles. The summed E-state index contributed by atoms with van der Waals surface area (Å²) in [6, 6.07) is 5.39. The summed E-state index contributed by atoms with van der Waals surface area (Å²) in [4.78, 5) is 28.7. The molecule has 0 aliphatic carbocycles. The molecule has 1 amide bonds. The number of rotatable bonds is 9. The zero-order chi connectivity index (χ0) is 19.2. The number of esters is 1. The summed E-state index contributed by atoms with van der Waals surface area (Å²) in [6.07, 6.45) is 4.03. The average Bonchev–Trinajstić information content (AvgIpc) is 2.79. The number of anilines is 1. The van der Waals surface area contributed by atoms with E-state index in [9.17, 15) is 9.59 Å². The van der Waals surface area contributed by atoms with Crippen molar-refractivity contribution in [2.75, 3.05) is 18.1 Å². The van der Waals surface area contributed by atoms with Crippen molar-refractivity contribution in [3.63, 3.8) is 0 Å². The third-order valence-electron chi connectivity index (χ3n) is 4.70. The molecule has 1 aromatic carbocycles. The van der Waals surface area contributed by atoms with Gasteiger partial charge in [0.2, 0.25) is 5.91 Å². The number of nitrogens with zero attached hydrogens (tertiary/aromatic N) is 4. The van der Waals surface area contributed by atoms with E-state index in [0.29, 0.717) is 25.3 Å². The molecule has 0 radical (unpaired) electrons. The summed E-state index contributed by atoms with van der Waals surface area (Å²) in [7, 11) is 0. The van der Waals surface area contributed by atoms with Crippen LogP contribution in [0, 0.1) is 0 Å². The van der Waals surface area contributed by atoms with Crippen LogP contribution in [0.5, 0.6) is 0 Å². The SMILES string of the molecule is CCOC(=O)CCCCCCN1C(=O)C(C)(C)c2cc(N=[N+]=[N-])ccc21. The molecule has 0 unspecified atom stereocenters. The maximum absolute atomic E-state index is 12.8. The molecule has 0 bridgehead atoms. The van der Waals surface area contributed by atoms with Crippen LogP contribution in [0.2, 0.25) is 0 Å². The van der Waals surface area contributed by atoms with Crippen LogP contribution in [-0.4, -0.2) is 25.0 Å². The summed E-state index contributed by atoms with van der Waals surface area (Å²) >= 11 is 0. The van der Waals surface area contributed by atoms with E-state index >= 15 is 0 Å². The molecule has 26 heavy (non-hydrogen) atoms. The molecule has 7 heteroatoms. The first-order valence-corrected chi connectivity index (χ1v) is 9.09. The van der Waals surface area contributed by atoms with E-state index in [4.69, 9.17) is 10.3 Å². The summed E-state index contributed by atoms with van der Waals surface area (Å²) < 4.78 is 4.91. The van der Waals surface area contributed by atoms with Gasteiger partial charge in [-0.05, 0) is 56.8 Å². The van der Waals surface area contributed by atoms with Crippen LogP contribution < -0.4 is 4.90 Å². The Kier molecular flexibility index (Phi) is 6.64. The minimum absolute atomic E-state index is 0.0668. The fraction of sp³-hybridized carbons (Fsp3) is 0.579. The fourth-order valence-corrected chi connectivity index (χ4v) is 3.28. The molecule has 0 N–H and O–H groups in total. The van der Waals surface area contributed by atoms with Gasteiger partial charge in [-0.2, -0.15) is 0 Å². The Morgan fingerprint density at radius 3 is 2.69 bits per heavy atom. The fourth-order valence-electron chi connectivity index (χ4n) is 3.28. The van der Waals surface area contributed by atoms with Gasteiger partial charge in [-0.3, -0.25) is 9.59 Å². The molecule has 0 spiro atoms. The standard InChI is InChI=1S/C19H26N4O3/c1-4-26-17(24)9-7-5-6-8-12-23-16-11-10-14(21-22-20)13-15(16)19(2,3)18(23)25/h10-11,13H,4-9,12H2,1-3H3. The van der Waals surface area contributed by atoms with Crippen molar-refractivity contribution in [3.8, 4) is 0 Å². The number of amides is 1. The van der Waals surface area contributed by atoms with Crippen molar-refractivity contribution in [1.82, 2.24) is 0 Å². The first-order valence-electron chi connectivity index (χ1n) is 9.09. The third-order valence-corrected chi connectivity index (χ3v) is 4.70. The van der Waals surface area contributed by atoms with Gasteiger partial charge in [-0.15, -0.1) is 0 Å². The molecule has 0 fully saturated rings. The van der Waals surface area contributed by atoms with E-state index in [0.717, 1.165) is 36.9 Å². The first-order chi connectivity index (χ1) is 12.4. The van der Waals surface area contributed by atoms with Crippen LogP contribution in [0.1, 0.15) is 58.4 Å². The van der Waals surface area contributed by atoms with Crippen molar-refractivity contribution >= 4 is 23.3 Å². The first kappa shape index (κ1) is 19.8. The van der Waals surface area contributed by atoms with Crippen LogP contribution in [-0.2, 0) is 19.7 Å². The Hall–Kier alpha value is -2.53. The zero-order valence-corrected chi connectivity index (χ0v) is 15.7. The summed E-state index contributed by atoms with van der Waals surface area (Å²) in [5, 5.41) is 3.64. The Morgan fingerprint density at radius 2 is 2.00 bits per heavy atom. The predicted molar refractivity (Wildman–Crippen MR) is 100 cm³/mol. The lowest BCUT2D eigenvalue weighted by atomic mass is 9.86. The number of carbonyl (C=O) groups is 2. The van der Waals surface area contributed by atoms with Gasteiger partial charge in [-0.25, -0.2) is 0 Å². The maximum atomic E-state index is 12.8. The smallest absolute Gasteiger partial charge is 0.305 e. The summed E-state index contributed by atoms with van der Waals surface area (Å²) in [5.41, 5.74) is 10.3. The second-order valence-electron chi connectivity index (χ2n) is 6.94. The third kappa shape index (κ3) is 4.35. The highest BCUT2D eigenvalue weighted by atomic mass is 16.5. The highest BCUT2D eigenvalue weighted by Gasteiger charge is 2.43. The molecule has 140 valence electrons. The molecule has 0 saturated heterocycles. The summed E-state index contributed by atoms with van der Waals surface area (Å²) in [5.74, 6) is -0.0779. The molecule has 1 aliphatic heterocycles. The van der Waals surface area contributed by atoms with Crippen molar-refractivity contribution in [1.29, 1.82) is 0 Å². The Labute approximate surface area is 153 Å². The second kappa shape index (κ2) is 8.72. The van der Waals surface area contributed by atoms with Gasteiger partial charge < -0.3 is 9.64 Å². The molecular formula is C19H26N4O3. The van der Waals surface area contributed by atoms with Gasteiger partial charge in [-0.1, -0.05) is 24.0 Å². The number of carbonyl (C=O) groups excluding carboxylic acids is 2. The maximum Gasteiger partial charge on any atom is 0.305 e. The van der Waals surface area contributed by atoms with Gasteiger partial charge in [0.25, 0.3) is 0 Å². The number of azide groups is 1. The Bertz CT molecular complexity index is 723. The molecule has 0 saturated carbocycles. The lowest BCUT2D eigenvalue weighted by molar-refractivity contribution is -0.143. The van der Waals surface area contributed by atoms with Crippen LogP contribution in [0.3, 0.4) is 0 Å². The van der Waals surface area contributed by atoms with E-state index in [1.54, 1.807) is 19.1 Å². The minimum atomic E-state index is -0.625. The molecule has 0 aromatic heterocycles. The normalized spacial score (nSPS) is 14.7. The minimum Gasteiger partial charge on any atom is -0.466 e. The number of unbranched alkanes of at least 4 members (excludes halogenated alkanes) is 3. The van der Waals surface area contributed by atoms with Gasteiger partial charge >= 0.3 is 5.97 Å². The quantitative estimate of drug-likeness (QED) is 0.209. The average molecular weight is 358 g/mol. The number of hydrogen-bond acceptors (Lipinski definition) is 4. The van der Waals surface area contributed by atoms with Crippen LogP contribution in [0.15, 0.2) is 23.3 Å². The van der Waals surface area contributed by atoms with Gasteiger partial charge in [0.05, 0.1) is 12.0 Å². The summed E-state index contributed by atoms with van der Waals surface area (Å²) in [6.45, 7) is 6.67. The van der Waals surface area contributed by atoms with Gasteiger partial charge in [0.15, 0.2) is 0 Å². The second-order valence-corrected chi connectivity index (χ2v) is 6.94. The lowest BCUT2D eigenvalue weighted by Crippen LogP contribution is -2.36. The number of fused-ring (bicyclic) bond motifs is 1. The van der Waals surface area contributed by atoms with E-state index in [-0.39, 0.29) is 11.9 Å². The van der Waals surface area contributed by atoms with Crippen molar-refractivity contribution in [2.45, 2.75) is 58.3 Å². The molecular weight excluding hydrogens is 332 g/mol. The van der Waals surface area contributed by atoms with Crippen molar-refractivity contribution < 1.29 is 14.3 Å². The zero-order valence-electron chi connectivity index (χ0n) is 15.7. The Balaban J connectivity index is 1.92. The van der Waals surface area contributed by atoms with E-state index < -0.39 is 5.41 Å². The molecule has 7 nitrogen and oxygen atoms in total. The van der Waals surface area contributed by atoms with E-state index in [1.165, 1.54) is 0 Å². The molecule has 1 aromatic rings. The predicted octanol–water partition coefficient (Wildman–Crippen LogP) is 4.77. The van der Waals surface area contributed by atoms with Gasteiger partial charge in [0.1, 0.15) is 0 Å². The van der Waals surface area contributed by atoms with Crippen molar-refractivity contribution in [3.05, 3.63) is 34.2 Å². The molecule has 1 aliphatic rings. The number of ether oxygens (including phenoxy) is 1. The largest absolute Gasteiger partial charge is 0.466 e. The lowest BCUT2D eigenvalue weighted by Gasteiger charge is -2.20. The Morgan fingerprint density at radius 1 is 1.27 bits per heavy atom. The van der Waals surface area contributed by atoms with Crippen LogP contribution in [0.25, 0.3) is 10.4 Å². The van der Waals surface area contributed by atoms with Crippen LogP contribution in [0.4, 0.5) is 11.4 Å². The van der Waals surface area contributed by atoms with Gasteiger partial charge in [0, 0.05) is 29.3 Å². The van der Waals surface area contributed by atoms with E-state index in [2.05, 4.69) is 10.0 Å². The molecule has 0 atom stereocenters.